The number of rotatable bonds is 12. The number of benzene rings is 1. The zero-order valence-electron chi connectivity index (χ0n) is 25.0. The molecule has 5 rings (SSSR count). The van der Waals surface area contributed by atoms with Gasteiger partial charge in [0.2, 0.25) is 5.88 Å². The van der Waals surface area contributed by atoms with Crippen molar-refractivity contribution < 1.29 is 9.47 Å². The number of nitrogens with zero attached hydrogens (tertiary/aromatic N) is 9. The summed E-state index contributed by atoms with van der Waals surface area (Å²) in [6, 6.07) is 15.0. The molecule has 0 amide bonds. The number of aromatic nitrogens is 7. The summed E-state index contributed by atoms with van der Waals surface area (Å²) in [5, 5.41) is 10.0. The molecule has 12 heteroatoms. The van der Waals surface area contributed by atoms with Gasteiger partial charge in [0, 0.05) is 57.9 Å². The molecule has 5 aromatic rings. The Bertz CT molecular complexity index is 1670. The second-order valence-electron chi connectivity index (χ2n) is 11.4. The zero-order chi connectivity index (χ0) is 29.7. The molecule has 0 N–H and O–H groups in total. The first kappa shape index (κ1) is 29.1. The van der Waals surface area contributed by atoms with E-state index in [0.29, 0.717) is 37.2 Å². The number of pyridine rings is 1. The van der Waals surface area contributed by atoms with Crippen molar-refractivity contribution in [2.75, 3.05) is 27.8 Å². The summed E-state index contributed by atoms with van der Waals surface area (Å²) >= 11 is 0. The molecule has 0 radical (unpaired) electrons. The van der Waals surface area contributed by atoms with Crippen molar-refractivity contribution in [1.82, 2.24) is 39.2 Å². The average Bonchev–Trinajstić information content (AvgIpc) is 3.55. The average molecular weight is 584 g/mol. The Morgan fingerprint density at radius 3 is 2.52 bits per heavy atom. The van der Waals surface area contributed by atoms with Crippen molar-refractivity contribution in [1.29, 1.82) is 0 Å². The van der Waals surface area contributed by atoms with Gasteiger partial charge in [0.05, 0.1) is 25.4 Å². The lowest BCUT2D eigenvalue weighted by molar-refractivity contribution is 0.0859. The minimum absolute atomic E-state index is 0.354. The van der Waals surface area contributed by atoms with E-state index in [2.05, 4.69) is 49.8 Å². The number of aliphatic imine (C=N–C) groups is 1. The van der Waals surface area contributed by atoms with Crippen molar-refractivity contribution >= 4 is 31.3 Å². The Morgan fingerprint density at radius 1 is 0.976 bits per heavy atom. The third-order valence-electron chi connectivity index (χ3n) is 6.69. The van der Waals surface area contributed by atoms with Gasteiger partial charge in [-0.15, -0.1) is 10.2 Å². The fourth-order valence-corrected chi connectivity index (χ4v) is 5.29. The van der Waals surface area contributed by atoms with E-state index >= 15 is 0 Å². The highest BCUT2D eigenvalue weighted by Gasteiger charge is 2.22. The van der Waals surface area contributed by atoms with Gasteiger partial charge in [-0.05, 0) is 18.2 Å². The molecule has 4 heterocycles. The van der Waals surface area contributed by atoms with Gasteiger partial charge >= 0.3 is 0 Å². The molecule has 0 saturated heterocycles. The molecule has 42 heavy (non-hydrogen) atoms. The molecular formula is C30H37N9O2Si. The van der Waals surface area contributed by atoms with Gasteiger partial charge in [0.25, 0.3) is 0 Å². The molecule has 0 spiro atoms. The van der Waals surface area contributed by atoms with Gasteiger partial charge in [0.15, 0.2) is 17.5 Å². The highest BCUT2D eigenvalue weighted by Crippen LogP contribution is 2.38. The Morgan fingerprint density at radius 2 is 1.79 bits per heavy atom. The summed E-state index contributed by atoms with van der Waals surface area (Å²) in [4.78, 5) is 20.1. The summed E-state index contributed by atoms with van der Waals surface area (Å²) in [7, 11) is 4.22. The second-order valence-corrected chi connectivity index (χ2v) is 17.0. The van der Waals surface area contributed by atoms with Gasteiger partial charge in [-0.25, -0.2) is 19.9 Å². The molecule has 0 aliphatic carbocycles. The predicted octanol–water partition coefficient (Wildman–Crippen LogP) is 5.34. The molecule has 0 fully saturated rings. The normalized spacial score (nSPS) is 12.0. The van der Waals surface area contributed by atoms with E-state index in [1.807, 2.05) is 76.8 Å². The van der Waals surface area contributed by atoms with E-state index < -0.39 is 8.07 Å². The van der Waals surface area contributed by atoms with Crippen molar-refractivity contribution in [3.63, 3.8) is 0 Å². The molecule has 0 atom stereocenters. The van der Waals surface area contributed by atoms with Crippen LogP contribution >= 0.6 is 0 Å². The number of hydrogen-bond donors (Lipinski definition) is 0. The van der Waals surface area contributed by atoms with Crippen LogP contribution in [0.15, 0.2) is 66.2 Å². The molecule has 0 aliphatic heterocycles. The number of hydrogen-bond acceptors (Lipinski definition) is 8. The molecule has 11 nitrogen and oxygen atoms in total. The zero-order valence-corrected chi connectivity index (χ0v) is 26.0. The summed E-state index contributed by atoms with van der Waals surface area (Å²) in [5.74, 6) is 2.57. The van der Waals surface area contributed by atoms with Crippen molar-refractivity contribution in [2.24, 2.45) is 4.99 Å². The molecule has 0 aliphatic rings. The van der Waals surface area contributed by atoms with Gasteiger partial charge in [0.1, 0.15) is 18.7 Å². The Kier molecular flexibility index (Phi) is 8.74. The van der Waals surface area contributed by atoms with Gasteiger partial charge in [-0.2, -0.15) is 0 Å². The largest absolute Gasteiger partial charge is 0.481 e. The third kappa shape index (κ3) is 6.55. The van der Waals surface area contributed by atoms with E-state index in [1.54, 1.807) is 19.6 Å². The highest BCUT2D eigenvalue weighted by molar-refractivity contribution is 6.76. The first-order valence-electron chi connectivity index (χ1n) is 13.8. The molecule has 0 saturated carbocycles. The lowest BCUT2D eigenvalue weighted by Crippen LogP contribution is -2.22. The highest BCUT2D eigenvalue weighted by atomic mass is 28.3. The number of methoxy groups -OCH3 is 1. The second kappa shape index (κ2) is 12.6. The van der Waals surface area contributed by atoms with Crippen LogP contribution in [0.1, 0.15) is 5.82 Å². The maximum atomic E-state index is 6.19. The van der Waals surface area contributed by atoms with Gasteiger partial charge in [-0.3, -0.25) is 4.57 Å². The molecular weight excluding hydrogens is 546 g/mol. The molecule has 0 bridgehead atoms. The van der Waals surface area contributed by atoms with Gasteiger partial charge in [-0.1, -0.05) is 50.0 Å². The smallest absolute Gasteiger partial charge is 0.221 e. The van der Waals surface area contributed by atoms with E-state index in [1.165, 1.54) is 6.33 Å². The summed E-state index contributed by atoms with van der Waals surface area (Å²) in [6.45, 7) is 8.50. The van der Waals surface area contributed by atoms with E-state index in [0.717, 1.165) is 39.8 Å². The predicted molar refractivity (Wildman–Crippen MR) is 168 cm³/mol. The molecule has 218 valence electrons. The minimum Gasteiger partial charge on any atom is -0.481 e. The fraction of sp³-hybridized carbons (Fsp3) is 0.333. The van der Waals surface area contributed by atoms with E-state index in [-0.39, 0.29) is 0 Å². The molecule has 1 aromatic carbocycles. The first-order chi connectivity index (χ1) is 20.2. The first-order valence-corrected chi connectivity index (χ1v) is 17.5. The lowest BCUT2D eigenvalue weighted by atomic mass is 10.1. The van der Waals surface area contributed by atoms with E-state index in [9.17, 15) is 0 Å². The quantitative estimate of drug-likeness (QED) is 0.0838. The van der Waals surface area contributed by atoms with Gasteiger partial charge < -0.3 is 18.9 Å². The monoisotopic (exact) mass is 583 g/mol. The molecule has 0 unspecified atom stereocenters. The summed E-state index contributed by atoms with van der Waals surface area (Å²) in [6.07, 6.45) is 6.99. The van der Waals surface area contributed by atoms with Crippen LogP contribution in [0.5, 0.6) is 5.88 Å². The van der Waals surface area contributed by atoms with Crippen LogP contribution in [0, 0.1) is 0 Å². The topological polar surface area (TPSA) is 108 Å². The summed E-state index contributed by atoms with van der Waals surface area (Å²) in [5.41, 5.74) is 3.38. The van der Waals surface area contributed by atoms with Crippen LogP contribution in [0.2, 0.25) is 25.7 Å². The van der Waals surface area contributed by atoms with Crippen molar-refractivity contribution in [3.8, 4) is 28.4 Å². The van der Waals surface area contributed by atoms with E-state index in [4.69, 9.17) is 9.47 Å². The van der Waals surface area contributed by atoms with Crippen molar-refractivity contribution in [3.05, 3.63) is 67.0 Å². The number of ether oxygens (including phenoxy) is 2. The Labute approximate surface area is 246 Å². The van der Waals surface area contributed by atoms with Crippen molar-refractivity contribution in [2.45, 2.75) is 39.0 Å². The van der Waals surface area contributed by atoms with Crippen LogP contribution in [-0.2, 0) is 18.0 Å². The summed E-state index contributed by atoms with van der Waals surface area (Å²) < 4.78 is 15.9. The van der Waals surface area contributed by atoms with Crippen LogP contribution in [0.25, 0.3) is 33.5 Å². The maximum Gasteiger partial charge on any atom is 0.221 e. The van der Waals surface area contributed by atoms with Crippen LogP contribution in [0.3, 0.4) is 0 Å². The number of fused-ring (bicyclic) bond motifs is 1. The van der Waals surface area contributed by atoms with Crippen LogP contribution < -0.4 is 4.74 Å². The minimum atomic E-state index is -1.23. The fourth-order valence-electron chi connectivity index (χ4n) is 4.53. The Hall–Kier alpha value is -4.42. The SMILES string of the molecule is COc1ncccc1-c1cn(Cc2nnc(-c3ccccc3)n2COCC[Si](C)(C)C)c2ncnc(N=CN(C)C)c12. The van der Waals surface area contributed by atoms with Crippen LogP contribution in [-0.4, -0.2) is 81.4 Å². The maximum absolute atomic E-state index is 6.19. The lowest BCUT2D eigenvalue weighted by Gasteiger charge is -2.17. The third-order valence-corrected chi connectivity index (χ3v) is 8.39. The standard InChI is InChI=1S/C30H37N9O2Si/c1-37(2)20-34-27-26-24(23-13-10-14-31-30(23)40-3)17-38(29(26)33-19-32-27)18-25-35-36-28(22-11-8-7-9-12-22)39(25)21-41-15-16-42(4,5)6/h7-14,17,19-20H,15-16,18,21H2,1-6H3. The van der Waals surface area contributed by atoms with Crippen LogP contribution in [0.4, 0.5) is 5.82 Å². The molecule has 4 aromatic heterocycles. The Balaban J connectivity index is 1.60.